The fraction of sp³-hybridized carbons (Fsp3) is 0.300. The standard InChI is InChI=1S/C30H31N3O5/c1-3-37-29(35)26-27(22-14-16-23(17-15-22)38-20-21-10-5-4-6-11-21)33-25-13-8-7-12-24(25)31-30(33)32(28(26)34)18-9-19-36-2/h4-8,10-17,26-27H,3,9,18-20H2,1-2H3/t26-,27-/m1/s1. The number of esters is 1. The highest BCUT2D eigenvalue weighted by Crippen LogP contribution is 2.41. The molecule has 8 heteroatoms. The molecule has 0 radical (unpaired) electrons. The Labute approximate surface area is 221 Å². The Morgan fingerprint density at radius 1 is 0.974 bits per heavy atom. The summed E-state index contributed by atoms with van der Waals surface area (Å²) in [4.78, 5) is 33.6. The van der Waals surface area contributed by atoms with E-state index in [1.165, 1.54) is 0 Å². The number of ether oxygens (including phenoxy) is 3. The van der Waals surface area contributed by atoms with Crippen molar-refractivity contribution in [2.24, 2.45) is 5.92 Å². The topological polar surface area (TPSA) is 82.9 Å². The summed E-state index contributed by atoms with van der Waals surface area (Å²) < 4.78 is 18.6. The van der Waals surface area contributed by atoms with Crippen LogP contribution in [-0.4, -0.2) is 48.3 Å². The van der Waals surface area contributed by atoms with Crippen LogP contribution in [0.25, 0.3) is 11.0 Å². The summed E-state index contributed by atoms with van der Waals surface area (Å²) in [7, 11) is 1.62. The molecule has 2 atom stereocenters. The minimum Gasteiger partial charge on any atom is -0.489 e. The van der Waals surface area contributed by atoms with E-state index in [0.717, 1.165) is 22.2 Å². The molecule has 5 rings (SSSR count). The Morgan fingerprint density at radius 3 is 2.45 bits per heavy atom. The smallest absolute Gasteiger partial charge is 0.321 e. The fourth-order valence-electron chi connectivity index (χ4n) is 4.93. The van der Waals surface area contributed by atoms with Gasteiger partial charge in [-0.2, -0.15) is 0 Å². The number of imidazole rings is 1. The van der Waals surface area contributed by atoms with Crippen LogP contribution in [0.15, 0.2) is 78.9 Å². The van der Waals surface area contributed by atoms with Crippen LogP contribution in [0.4, 0.5) is 5.95 Å². The lowest BCUT2D eigenvalue weighted by Gasteiger charge is -2.38. The highest BCUT2D eigenvalue weighted by molar-refractivity contribution is 6.08. The van der Waals surface area contributed by atoms with Crippen molar-refractivity contribution in [3.8, 4) is 5.75 Å². The molecule has 196 valence electrons. The average molecular weight is 514 g/mol. The summed E-state index contributed by atoms with van der Waals surface area (Å²) in [5, 5.41) is 0. The second-order valence-electron chi connectivity index (χ2n) is 9.12. The first kappa shape index (κ1) is 25.5. The van der Waals surface area contributed by atoms with Gasteiger partial charge in [0.2, 0.25) is 11.9 Å². The van der Waals surface area contributed by atoms with Crippen molar-refractivity contribution < 1.29 is 23.8 Å². The van der Waals surface area contributed by atoms with Gasteiger partial charge in [-0.05, 0) is 48.7 Å². The molecule has 0 aliphatic carbocycles. The lowest BCUT2D eigenvalue weighted by atomic mass is 9.89. The van der Waals surface area contributed by atoms with Gasteiger partial charge in [-0.15, -0.1) is 0 Å². The molecular formula is C30H31N3O5. The molecule has 0 spiro atoms. The van der Waals surface area contributed by atoms with Gasteiger partial charge in [0.15, 0.2) is 5.92 Å². The van der Waals surface area contributed by atoms with Gasteiger partial charge in [-0.25, -0.2) is 4.98 Å². The van der Waals surface area contributed by atoms with Crippen molar-refractivity contribution in [3.63, 3.8) is 0 Å². The maximum Gasteiger partial charge on any atom is 0.321 e. The number of benzene rings is 3. The summed E-state index contributed by atoms with van der Waals surface area (Å²) in [5.41, 5.74) is 3.46. The van der Waals surface area contributed by atoms with Gasteiger partial charge in [-0.1, -0.05) is 54.6 Å². The Morgan fingerprint density at radius 2 is 1.71 bits per heavy atom. The highest BCUT2D eigenvalue weighted by atomic mass is 16.5. The Hall–Kier alpha value is -4.17. The number of carbonyl (C=O) groups excluding carboxylic acids is 2. The number of anilines is 1. The zero-order valence-corrected chi connectivity index (χ0v) is 21.6. The summed E-state index contributed by atoms with van der Waals surface area (Å²) in [6, 6.07) is 24.6. The molecule has 3 aromatic carbocycles. The van der Waals surface area contributed by atoms with E-state index in [1.54, 1.807) is 18.9 Å². The van der Waals surface area contributed by atoms with Crippen LogP contribution in [0, 0.1) is 5.92 Å². The van der Waals surface area contributed by atoms with E-state index in [2.05, 4.69) is 0 Å². The molecule has 1 amide bonds. The molecule has 4 aromatic rings. The minimum absolute atomic E-state index is 0.183. The van der Waals surface area contributed by atoms with E-state index in [9.17, 15) is 9.59 Å². The SMILES string of the molecule is CCOC(=O)[C@H]1C(=O)N(CCCOC)c2nc3ccccc3n2[C@@H]1c1ccc(OCc2ccccc2)cc1. The molecule has 0 bridgehead atoms. The number of aromatic nitrogens is 2. The Balaban J connectivity index is 1.55. The molecule has 1 aliphatic heterocycles. The first-order chi connectivity index (χ1) is 18.6. The fourth-order valence-corrected chi connectivity index (χ4v) is 4.93. The molecular weight excluding hydrogens is 482 g/mol. The molecule has 0 saturated heterocycles. The van der Waals surface area contributed by atoms with Crippen LogP contribution in [-0.2, 0) is 25.7 Å². The normalized spacial score (nSPS) is 16.9. The molecule has 0 N–H and O–H groups in total. The second-order valence-corrected chi connectivity index (χ2v) is 9.12. The lowest BCUT2D eigenvalue weighted by Crippen LogP contribution is -2.50. The number of hydrogen-bond acceptors (Lipinski definition) is 6. The number of hydrogen-bond donors (Lipinski definition) is 0. The molecule has 8 nitrogen and oxygen atoms in total. The number of para-hydroxylation sites is 2. The zero-order valence-electron chi connectivity index (χ0n) is 21.6. The van der Waals surface area contributed by atoms with E-state index in [-0.39, 0.29) is 12.5 Å². The molecule has 1 aromatic heterocycles. The van der Waals surface area contributed by atoms with Gasteiger partial charge in [0.05, 0.1) is 23.7 Å². The van der Waals surface area contributed by atoms with E-state index in [4.69, 9.17) is 19.2 Å². The van der Waals surface area contributed by atoms with E-state index >= 15 is 0 Å². The lowest BCUT2D eigenvalue weighted by molar-refractivity contribution is -0.153. The van der Waals surface area contributed by atoms with Crippen LogP contribution in [0.2, 0.25) is 0 Å². The largest absolute Gasteiger partial charge is 0.489 e. The number of fused-ring (bicyclic) bond motifs is 3. The molecule has 38 heavy (non-hydrogen) atoms. The zero-order chi connectivity index (χ0) is 26.5. The summed E-state index contributed by atoms with van der Waals surface area (Å²) in [6.07, 6.45) is 0.610. The van der Waals surface area contributed by atoms with E-state index in [0.29, 0.717) is 37.9 Å². The van der Waals surface area contributed by atoms with Crippen LogP contribution in [0.5, 0.6) is 5.75 Å². The van der Waals surface area contributed by atoms with Crippen molar-refractivity contribution in [2.45, 2.75) is 26.0 Å². The predicted molar refractivity (Wildman–Crippen MR) is 144 cm³/mol. The number of amides is 1. The molecule has 0 saturated carbocycles. The first-order valence-electron chi connectivity index (χ1n) is 12.8. The van der Waals surface area contributed by atoms with Crippen molar-refractivity contribution in [2.75, 3.05) is 31.8 Å². The second kappa shape index (κ2) is 11.5. The number of nitrogens with zero attached hydrogens (tertiary/aromatic N) is 3. The predicted octanol–water partition coefficient (Wildman–Crippen LogP) is 4.77. The van der Waals surface area contributed by atoms with Crippen molar-refractivity contribution in [1.82, 2.24) is 9.55 Å². The molecule has 0 fully saturated rings. The van der Waals surface area contributed by atoms with Crippen LogP contribution in [0.1, 0.15) is 30.5 Å². The summed E-state index contributed by atoms with van der Waals surface area (Å²) >= 11 is 0. The third-order valence-corrected chi connectivity index (χ3v) is 6.69. The molecule has 1 aliphatic rings. The third-order valence-electron chi connectivity index (χ3n) is 6.69. The quantitative estimate of drug-likeness (QED) is 0.173. The van der Waals surface area contributed by atoms with Crippen LogP contribution in [0.3, 0.4) is 0 Å². The Kier molecular flexibility index (Phi) is 7.70. The summed E-state index contributed by atoms with van der Waals surface area (Å²) in [6.45, 7) is 3.24. The van der Waals surface area contributed by atoms with Crippen molar-refractivity contribution in [3.05, 3.63) is 90.0 Å². The number of carbonyl (C=O) groups is 2. The van der Waals surface area contributed by atoms with Crippen LogP contribution >= 0.6 is 0 Å². The summed E-state index contributed by atoms with van der Waals surface area (Å²) in [5.74, 6) is -0.714. The Bertz CT molecular complexity index is 1400. The van der Waals surface area contributed by atoms with Gasteiger partial charge in [0.25, 0.3) is 0 Å². The van der Waals surface area contributed by atoms with Gasteiger partial charge < -0.3 is 18.8 Å². The minimum atomic E-state index is -1.06. The highest BCUT2D eigenvalue weighted by Gasteiger charge is 2.47. The van der Waals surface area contributed by atoms with Gasteiger partial charge >= 0.3 is 5.97 Å². The maximum atomic E-state index is 13.9. The average Bonchev–Trinajstić information content (AvgIpc) is 3.33. The van der Waals surface area contributed by atoms with Gasteiger partial charge in [-0.3, -0.25) is 14.5 Å². The van der Waals surface area contributed by atoms with Crippen LogP contribution < -0.4 is 9.64 Å². The van der Waals surface area contributed by atoms with E-state index in [1.807, 2.05) is 83.4 Å². The van der Waals surface area contributed by atoms with Gasteiger partial charge in [0.1, 0.15) is 12.4 Å². The maximum absolute atomic E-state index is 13.9. The number of methoxy groups -OCH3 is 1. The van der Waals surface area contributed by atoms with Crippen molar-refractivity contribution in [1.29, 1.82) is 0 Å². The monoisotopic (exact) mass is 513 g/mol. The van der Waals surface area contributed by atoms with E-state index < -0.39 is 17.9 Å². The first-order valence-corrected chi connectivity index (χ1v) is 12.8. The molecule has 0 unspecified atom stereocenters. The molecule has 2 heterocycles. The third kappa shape index (κ3) is 4.99. The van der Waals surface area contributed by atoms with Crippen molar-refractivity contribution >= 4 is 28.9 Å². The number of rotatable bonds is 10. The van der Waals surface area contributed by atoms with Gasteiger partial charge in [0, 0.05) is 20.3 Å².